The second kappa shape index (κ2) is 6.98. The Balaban J connectivity index is 1.82. The van der Waals surface area contributed by atoms with Crippen molar-refractivity contribution in [3.8, 4) is 29.0 Å². The minimum Gasteiger partial charge on any atom is -0.496 e. The van der Waals surface area contributed by atoms with Gasteiger partial charge in [-0.05, 0) is 22.6 Å². The molecule has 6 heteroatoms. The third kappa shape index (κ3) is 2.60. The summed E-state index contributed by atoms with van der Waals surface area (Å²) in [4.78, 5) is 0. The largest absolute Gasteiger partial charge is 0.496 e. The molecule has 1 aliphatic rings. The number of nitrogens with one attached hydrogen (secondary N) is 1. The third-order valence-corrected chi connectivity index (χ3v) is 5.45. The highest BCUT2D eigenvalue weighted by molar-refractivity contribution is 5.93. The molecule has 0 aliphatic carbocycles. The molecule has 1 unspecified atom stereocenters. The van der Waals surface area contributed by atoms with Crippen molar-refractivity contribution in [2.75, 3.05) is 7.11 Å². The van der Waals surface area contributed by atoms with Crippen LogP contribution in [-0.2, 0) is 0 Å². The first-order valence-electron chi connectivity index (χ1n) is 9.49. The molecule has 1 atom stereocenters. The lowest BCUT2D eigenvalue weighted by atomic mass is 9.81. The molecule has 0 amide bonds. The maximum Gasteiger partial charge on any atom is 0.244 e. The number of hydrogen-bond acceptors (Lipinski definition) is 5. The molecule has 1 aliphatic heterocycles. The van der Waals surface area contributed by atoms with E-state index in [0.29, 0.717) is 11.5 Å². The Morgan fingerprint density at radius 3 is 2.50 bits per heavy atom. The van der Waals surface area contributed by atoms with Crippen LogP contribution in [0.25, 0.3) is 22.0 Å². The standard InChI is InChI=1S/C24H18N4O2/c1-29-19-12-11-17(15-9-5-6-10-16(15)19)20-18(13-25)23(26)30-24-21(20)22(27-28-24)14-7-3-2-4-8-14/h2-12,20H,26H2,1H3,(H,27,28). The molecular formula is C24H18N4O2. The highest BCUT2D eigenvalue weighted by Crippen LogP contribution is 2.47. The molecule has 0 spiro atoms. The lowest BCUT2D eigenvalue weighted by Gasteiger charge is -2.25. The van der Waals surface area contributed by atoms with Crippen molar-refractivity contribution in [1.29, 1.82) is 5.26 Å². The molecule has 5 rings (SSSR count). The number of nitrogens with zero attached hydrogens (tertiary/aromatic N) is 2. The first-order chi connectivity index (χ1) is 14.7. The summed E-state index contributed by atoms with van der Waals surface area (Å²) < 4.78 is 11.3. The molecule has 3 aromatic carbocycles. The molecule has 6 nitrogen and oxygen atoms in total. The second-order valence-electron chi connectivity index (χ2n) is 7.01. The summed E-state index contributed by atoms with van der Waals surface area (Å²) in [5, 5.41) is 19.3. The van der Waals surface area contributed by atoms with E-state index in [2.05, 4.69) is 16.3 Å². The predicted octanol–water partition coefficient (Wildman–Crippen LogP) is 4.46. The molecule has 30 heavy (non-hydrogen) atoms. The summed E-state index contributed by atoms with van der Waals surface area (Å²) in [7, 11) is 1.65. The van der Waals surface area contributed by atoms with Crippen molar-refractivity contribution in [2.24, 2.45) is 5.73 Å². The molecule has 0 bridgehead atoms. The summed E-state index contributed by atoms with van der Waals surface area (Å²) >= 11 is 0. The van der Waals surface area contributed by atoms with E-state index in [4.69, 9.17) is 15.2 Å². The number of rotatable bonds is 3. The normalized spacial score (nSPS) is 15.4. The van der Waals surface area contributed by atoms with Gasteiger partial charge in [0.05, 0.1) is 24.3 Å². The maximum atomic E-state index is 9.97. The summed E-state index contributed by atoms with van der Waals surface area (Å²) in [5.74, 6) is 0.798. The van der Waals surface area contributed by atoms with Crippen LogP contribution < -0.4 is 15.2 Å². The van der Waals surface area contributed by atoms with Gasteiger partial charge in [0.2, 0.25) is 11.8 Å². The number of ether oxygens (including phenoxy) is 2. The molecule has 1 aromatic heterocycles. The Morgan fingerprint density at radius 2 is 1.77 bits per heavy atom. The number of nitriles is 1. The zero-order chi connectivity index (χ0) is 20.7. The zero-order valence-electron chi connectivity index (χ0n) is 16.2. The van der Waals surface area contributed by atoms with Crippen LogP contribution in [-0.4, -0.2) is 17.3 Å². The van der Waals surface area contributed by atoms with Crippen molar-refractivity contribution < 1.29 is 9.47 Å². The molecule has 4 aromatic rings. The van der Waals surface area contributed by atoms with Crippen LogP contribution in [0, 0.1) is 11.3 Å². The lowest BCUT2D eigenvalue weighted by Crippen LogP contribution is -2.21. The monoisotopic (exact) mass is 394 g/mol. The van der Waals surface area contributed by atoms with E-state index < -0.39 is 5.92 Å². The average Bonchev–Trinajstić information content (AvgIpc) is 3.21. The van der Waals surface area contributed by atoms with Gasteiger partial charge in [-0.25, -0.2) is 0 Å². The lowest BCUT2D eigenvalue weighted by molar-refractivity contribution is 0.379. The highest BCUT2D eigenvalue weighted by Gasteiger charge is 2.36. The van der Waals surface area contributed by atoms with Gasteiger partial charge >= 0.3 is 0 Å². The van der Waals surface area contributed by atoms with Crippen LogP contribution in [0.1, 0.15) is 17.0 Å². The number of benzene rings is 3. The molecule has 0 radical (unpaired) electrons. The van der Waals surface area contributed by atoms with E-state index in [1.165, 1.54) is 0 Å². The van der Waals surface area contributed by atoms with Gasteiger partial charge in [0.25, 0.3) is 0 Å². The van der Waals surface area contributed by atoms with Gasteiger partial charge in [0, 0.05) is 5.39 Å². The minimum absolute atomic E-state index is 0.0704. The van der Waals surface area contributed by atoms with Crippen LogP contribution in [0.15, 0.2) is 78.2 Å². The number of allylic oxidation sites excluding steroid dienone is 1. The van der Waals surface area contributed by atoms with Crippen molar-refractivity contribution in [1.82, 2.24) is 10.2 Å². The summed E-state index contributed by atoms with van der Waals surface area (Å²) in [5.41, 5.74) is 9.98. The first kappa shape index (κ1) is 17.8. The van der Waals surface area contributed by atoms with Crippen molar-refractivity contribution in [3.05, 3.63) is 89.3 Å². The number of nitrogens with two attached hydrogens (primary N) is 1. The van der Waals surface area contributed by atoms with Crippen molar-refractivity contribution in [3.63, 3.8) is 0 Å². The molecule has 0 saturated carbocycles. The third-order valence-electron chi connectivity index (χ3n) is 5.45. The van der Waals surface area contributed by atoms with Gasteiger partial charge in [-0.3, -0.25) is 5.10 Å². The van der Waals surface area contributed by atoms with Gasteiger partial charge in [-0.2, -0.15) is 5.26 Å². The second-order valence-corrected chi connectivity index (χ2v) is 7.01. The number of aromatic nitrogens is 2. The van der Waals surface area contributed by atoms with Gasteiger partial charge in [0.15, 0.2) is 0 Å². The van der Waals surface area contributed by atoms with Gasteiger partial charge in [-0.1, -0.05) is 60.7 Å². The molecule has 3 N–H and O–H groups in total. The van der Waals surface area contributed by atoms with E-state index in [0.717, 1.165) is 38.9 Å². The van der Waals surface area contributed by atoms with Crippen LogP contribution in [0.5, 0.6) is 11.6 Å². The van der Waals surface area contributed by atoms with E-state index in [9.17, 15) is 5.26 Å². The van der Waals surface area contributed by atoms with Crippen molar-refractivity contribution in [2.45, 2.75) is 5.92 Å². The number of H-pyrrole nitrogens is 1. The van der Waals surface area contributed by atoms with E-state index in [1.54, 1.807) is 7.11 Å². The molecule has 0 fully saturated rings. The fourth-order valence-electron chi connectivity index (χ4n) is 4.11. The summed E-state index contributed by atoms with van der Waals surface area (Å²) in [6, 6.07) is 24.0. The van der Waals surface area contributed by atoms with Gasteiger partial charge < -0.3 is 15.2 Å². The molecular weight excluding hydrogens is 376 g/mol. The Hall–Kier alpha value is -4.24. The fraction of sp³-hybridized carbons (Fsp3) is 0.0833. The highest BCUT2D eigenvalue weighted by atomic mass is 16.5. The minimum atomic E-state index is -0.427. The quantitative estimate of drug-likeness (QED) is 0.535. The number of fused-ring (bicyclic) bond motifs is 2. The fourth-order valence-corrected chi connectivity index (χ4v) is 4.11. The topological polar surface area (TPSA) is 96.9 Å². The maximum absolute atomic E-state index is 9.97. The predicted molar refractivity (Wildman–Crippen MR) is 114 cm³/mol. The Bertz CT molecular complexity index is 1330. The number of hydrogen-bond donors (Lipinski definition) is 2. The van der Waals surface area contributed by atoms with Crippen LogP contribution in [0.4, 0.5) is 0 Å². The van der Waals surface area contributed by atoms with Crippen LogP contribution in [0.2, 0.25) is 0 Å². The van der Waals surface area contributed by atoms with Gasteiger partial charge in [0.1, 0.15) is 17.4 Å². The summed E-state index contributed by atoms with van der Waals surface area (Å²) in [6.45, 7) is 0. The van der Waals surface area contributed by atoms with E-state index in [1.807, 2.05) is 66.7 Å². The zero-order valence-corrected chi connectivity index (χ0v) is 16.2. The average molecular weight is 394 g/mol. The Morgan fingerprint density at radius 1 is 1.03 bits per heavy atom. The van der Waals surface area contributed by atoms with E-state index in [-0.39, 0.29) is 5.88 Å². The SMILES string of the molecule is COc1ccc(C2C(C#N)=C(N)Oc3n[nH]c(-c4ccccc4)c32)c2ccccc12. The number of methoxy groups -OCH3 is 1. The summed E-state index contributed by atoms with van der Waals surface area (Å²) in [6.07, 6.45) is 0. The van der Waals surface area contributed by atoms with Gasteiger partial charge in [-0.15, -0.1) is 5.10 Å². The van der Waals surface area contributed by atoms with Crippen LogP contribution >= 0.6 is 0 Å². The van der Waals surface area contributed by atoms with Crippen molar-refractivity contribution >= 4 is 10.8 Å². The molecule has 146 valence electrons. The molecule has 2 heterocycles. The number of aromatic amines is 1. The Kier molecular flexibility index (Phi) is 4.15. The molecule has 0 saturated heterocycles. The van der Waals surface area contributed by atoms with Crippen LogP contribution in [0.3, 0.4) is 0 Å². The Labute approximate surface area is 173 Å². The smallest absolute Gasteiger partial charge is 0.244 e. The van der Waals surface area contributed by atoms with E-state index >= 15 is 0 Å². The first-order valence-corrected chi connectivity index (χ1v) is 9.49.